The van der Waals surface area contributed by atoms with Crippen molar-refractivity contribution in [2.45, 2.75) is 0 Å². The molecule has 2 aromatic carbocycles. The summed E-state index contributed by atoms with van der Waals surface area (Å²) >= 11 is 6.19. The normalized spacial score (nSPS) is 10.4. The second kappa shape index (κ2) is 8.01. The molecule has 0 fully saturated rings. The second-order valence-electron chi connectivity index (χ2n) is 5.63. The van der Waals surface area contributed by atoms with E-state index in [4.69, 9.17) is 21.1 Å². The maximum absolute atomic E-state index is 11.5. The number of carboxylic acids is 1. The molecule has 0 radical (unpaired) electrons. The van der Waals surface area contributed by atoms with E-state index in [-0.39, 0.29) is 16.3 Å². The van der Waals surface area contributed by atoms with Crippen LogP contribution in [0.2, 0.25) is 5.02 Å². The maximum atomic E-state index is 11.5. The number of aromatic nitrogens is 1. The van der Waals surface area contributed by atoms with Gasteiger partial charge in [0.2, 0.25) is 0 Å². The van der Waals surface area contributed by atoms with Gasteiger partial charge in [-0.15, -0.1) is 0 Å². The molecule has 0 aliphatic rings. The van der Waals surface area contributed by atoms with Crippen molar-refractivity contribution < 1.29 is 24.2 Å². The minimum Gasteiger partial charge on any atom is -0.496 e. The van der Waals surface area contributed by atoms with Crippen molar-refractivity contribution in [3.05, 3.63) is 53.2 Å². The lowest BCUT2D eigenvalue weighted by Crippen LogP contribution is -2.24. The number of carbonyl (C=O) groups is 2. The number of carboxylic acid groups (broad SMARTS) is 1. The van der Waals surface area contributed by atoms with Crippen molar-refractivity contribution >= 4 is 40.2 Å². The third-order valence-corrected chi connectivity index (χ3v) is 4.21. The van der Waals surface area contributed by atoms with Crippen molar-refractivity contribution in [3.63, 3.8) is 0 Å². The Kier molecular flexibility index (Phi) is 5.51. The van der Waals surface area contributed by atoms with E-state index in [1.807, 2.05) is 0 Å². The summed E-state index contributed by atoms with van der Waals surface area (Å²) in [5.74, 6) is -0.107. The van der Waals surface area contributed by atoms with E-state index < -0.39 is 12.0 Å². The molecule has 0 bridgehead atoms. The highest BCUT2D eigenvalue weighted by atomic mass is 35.5. The molecule has 0 saturated heterocycles. The summed E-state index contributed by atoms with van der Waals surface area (Å²) in [4.78, 5) is 27.1. The van der Waals surface area contributed by atoms with Crippen LogP contribution in [0.1, 0.15) is 10.4 Å². The van der Waals surface area contributed by atoms with Gasteiger partial charge in [0, 0.05) is 30.8 Å². The first kappa shape index (κ1) is 19.2. The maximum Gasteiger partial charge on any atom is 0.339 e. The van der Waals surface area contributed by atoms with Crippen LogP contribution in [0.25, 0.3) is 10.9 Å². The van der Waals surface area contributed by atoms with Gasteiger partial charge >= 0.3 is 12.0 Å². The lowest BCUT2D eigenvalue weighted by atomic mass is 10.1. The minimum atomic E-state index is -1.12. The molecular formula is C19H16ClN3O5. The average Bonchev–Trinajstić information content (AvgIpc) is 2.69. The van der Waals surface area contributed by atoms with Crippen LogP contribution in [0.5, 0.6) is 17.2 Å². The third-order valence-electron chi connectivity index (χ3n) is 3.90. The molecule has 3 rings (SSSR count). The number of ether oxygens (including phenoxy) is 2. The number of carbonyl (C=O) groups excluding carboxylic acids is 1. The molecule has 28 heavy (non-hydrogen) atoms. The number of rotatable bonds is 5. The number of aromatic carboxylic acids is 1. The number of urea groups is 1. The second-order valence-corrected chi connectivity index (χ2v) is 6.04. The number of hydrogen-bond donors (Lipinski definition) is 3. The van der Waals surface area contributed by atoms with E-state index in [0.717, 1.165) is 0 Å². The predicted octanol–water partition coefficient (Wildman–Crippen LogP) is 4.14. The lowest BCUT2D eigenvalue weighted by Gasteiger charge is -2.13. The standard InChI is InChI=1S/C19H16ClN3O5/c1-21-19(26)23-14-4-3-10(7-13(14)20)28-16-5-6-22-15-9-17(27-2)12(18(24)25)8-11(15)16/h3-9H,1-2H3,(H,24,25)(H2,21,23,26). The van der Waals surface area contributed by atoms with E-state index >= 15 is 0 Å². The zero-order valence-corrected chi connectivity index (χ0v) is 15.7. The number of pyridine rings is 1. The minimum absolute atomic E-state index is 0.00370. The number of benzene rings is 2. The molecule has 1 aromatic heterocycles. The molecule has 9 heteroatoms. The third kappa shape index (κ3) is 3.91. The number of amides is 2. The van der Waals surface area contributed by atoms with E-state index in [1.54, 1.807) is 30.5 Å². The van der Waals surface area contributed by atoms with Crippen LogP contribution in [0.3, 0.4) is 0 Å². The number of fused-ring (bicyclic) bond motifs is 1. The van der Waals surface area contributed by atoms with Gasteiger partial charge in [0.25, 0.3) is 0 Å². The van der Waals surface area contributed by atoms with Crippen LogP contribution in [-0.2, 0) is 0 Å². The summed E-state index contributed by atoms with van der Waals surface area (Å²) in [6.07, 6.45) is 1.54. The number of halogens is 1. The summed E-state index contributed by atoms with van der Waals surface area (Å²) in [5, 5.41) is 15.2. The lowest BCUT2D eigenvalue weighted by molar-refractivity contribution is 0.0693. The molecule has 0 saturated carbocycles. The van der Waals surface area contributed by atoms with Crippen LogP contribution in [0.15, 0.2) is 42.6 Å². The molecule has 0 unspecified atom stereocenters. The first-order chi connectivity index (χ1) is 13.4. The van der Waals surface area contributed by atoms with E-state index in [9.17, 15) is 14.7 Å². The summed E-state index contributed by atoms with van der Waals surface area (Å²) in [7, 11) is 2.89. The van der Waals surface area contributed by atoms with Crippen molar-refractivity contribution in [1.29, 1.82) is 0 Å². The molecule has 8 nitrogen and oxygen atoms in total. The fourth-order valence-electron chi connectivity index (χ4n) is 2.55. The molecule has 2 amide bonds. The molecule has 0 spiro atoms. The van der Waals surface area contributed by atoms with Crippen LogP contribution < -0.4 is 20.1 Å². The van der Waals surface area contributed by atoms with Crippen molar-refractivity contribution in [2.75, 3.05) is 19.5 Å². The number of anilines is 1. The van der Waals surface area contributed by atoms with Gasteiger partial charge in [0.15, 0.2) is 0 Å². The molecule has 0 aliphatic heterocycles. The van der Waals surface area contributed by atoms with Gasteiger partial charge in [0.1, 0.15) is 22.8 Å². The van der Waals surface area contributed by atoms with Gasteiger partial charge in [0.05, 0.1) is 23.3 Å². The van der Waals surface area contributed by atoms with Gasteiger partial charge in [-0.05, 0) is 24.3 Å². The van der Waals surface area contributed by atoms with E-state index in [0.29, 0.717) is 28.1 Å². The first-order valence-corrected chi connectivity index (χ1v) is 8.47. The largest absolute Gasteiger partial charge is 0.496 e. The Morgan fingerprint density at radius 3 is 2.57 bits per heavy atom. The fourth-order valence-corrected chi connectivity index (χ4v) is 2.76. The van der Waals surface area contributed by atoms with Gasteiger partial charge < -0.3 is 25.2 Å². The first-order valence-electron chi connectivity index (χ1n) is 8.09. The van der Waals surface area contributed by atoms with Gasteiger partial charge in [-0.2, -0.15) is 0 Å². The number of hydrogen-bond acceptors (Lipinski definition) is 5. The molecule has 144 valence electrons. The molecular weight excluding hydrogens is 386 g/mol. The summed E-state index contributed by atoms with van der Waals surface area (Å²) in [6, 6.07) is 8.97. The summed E-state index contributed by atoms with van der Waals surface area (Å²) in [6.45, 7) is 0. The Morgan fingerprint density at radius 1 is 1.14 bits per heavy atom. The van der Waals surface area contributed by atoms with Crippen molar-refractivity contribution in [3.8, 4) is 17.2 Å². The van der Waals surface area contributed by atoms with Crippen LogP contribution in [0.4, 0.5) is 10.5 Å². The Morgan fingerprint density at radius 2 is 1.93 bits per heavy atom. The van der Waals surface area contributed by atoms with Gasteiger partial charge in [-0.1, -0.05) is 11.6 Å². The molecule has 3 N–H and O–H groups in total. The Hall–Kier alpha value is -3.52. The van der Waals surface area contributed by atoms with Crippen molar-refractivity contribution in [1.82, 2.24) is 10.3 Å². The van der Waals surface area contributed by atoms with E-state index in [1.165, 1.54) is 26.3 Å². The van der Waals surface area contributed by atoms with Gasteiger partial charge in [-0.25, -0.2) is 9.59 Å². The average molecular weight is 402 g/mol. The molecule has 3 aromatic rings. The quantitative estimate of drug-likeness (QED) is 0.592. The summed E-state index contributed by atoms with van der Waals surface area (Å²) in [5.41, 5.74) is 0.935. The highest BCUT2D eigenvalue weighted by Crippen LogP contribution is 2.35. The smallest absolute Gasteiger partial charge is 0.339 e. The topological polar surface area (TPSA) is 110 Å². The van der Waals surface area contributed by atoms with Crippen LogP contribution >= 0.6 is 11.6 Å². The van der Waals surface area contributed by atoms with Crippen LogP contribution in [-0.4, -0.2) is 36.2 Å². The Balaban J connectivity index is 1.98. The zero-order valence-electron chi connectivity index (χ0n) is 14.9. The molecule has 1 heterocycles. The van der Waals surface area contributed by atoms with Gasteiger partial charge in [-0.3, -0.25) is 4.98 Å². The van der Waals surface area contributed by atoms with Crippen molar-refractivity contribution in [2.24, 2.45) is 0 Å². The van der Waals surface area contributed by atoms with E-state index in [2.05, 4.69) is 15.6 Å². The number of nitrogens with one attached hydrogen (secondary N) is 2. The molecule has 0 atom stereocenters. The SMILES string of the molecule is CNC(=O)Nc1ccc(Oc2ccnc3cc(OC)c(C(=O)O)cc23)cc1Cl. The fraction of sp³-hybridized carbons (Fsp3) is 0.105. The highest BCUT2D eigenvalue weighted by Gasteiger charge is 2.16. The van der Waals surface area contributed by atoms with Crippen LogP contribution in [0, 0.1) is 0 Å². The predicted molar refractivity (Wildman–Crippen MR) is 105 cm³/mol. The monoisotopic (exact) mass is 401 g/mol. The number of nitrogens with zero attached hydrogens (tertiary/aromatic N) is 1. The zero-order chi connectivity index (χ0) is 20.3. The number of methoxy groups -OCH3 is 1. The highest BCUT2D eigenvalue weighted by molar-refractivity contribution is 6.33. The Labute approximate surface area is 165 Å². The molecule has 0 aliphatic carbocycles. The Bertz CT molecular complexity index is 1070. The summed E-state index contributed by atoms with van der Waals surface area (Å²) < 4.78 is 11.0.